The van der Waals surface area contributed by atoms with Crippen LogP contribution in [0.25, 0.3) is 10.9 Å². The number of unbranched alkanes of at least 4 members (excludes halogenated alkanes) is 1. The number of benzene rings is 1. The first-order valence-corrected chi connectivity index (χ1v) is 13.2. The molecule has 12 heteroatoms. The van der Waals surface area contributed by atoms with Crippen molar-refractivity contribution in [2.75, 3.05) is 18.8 Å². The fourth-order valence-corrected chi connectivity index (χ4v) is 4.77. The summed E-state index contributed by atoms with van der Waals surface area (Å²) in [7, 11) is 0. The number of aliphatic carboxylic acids is 1. The number of carboxylic acid groups (broad SMARTS) is 1. The lowest BCUT2D eigenvalue weighted by Gasteiger charge is -2.30. The number of H-pyrrole nitrogens is 1. The van der Waals surface area contributed by atoms with E-state index in [0.717, 1.165) is 16.5 Å². The summed E-state index contributed by atoms with van der Waals surface area (Å²) in [6, 6.07) is 3.86. The van der Waals surface area contributed by atoms with Gasteiger partial charge in [-0.3, -0.25) is 14.4 Å². The highest BCUT2D eigenvalue weighted by atomic mass is 32.1. The Morgan fingerprint density at radius 3 is 2.62 bits per heavy atom. The van der Waals surface area contributed by atoms with Gasteiger partial charge in [-0.15, -0.1) is 0 Å². The number of nitrogens with two attached hydrogens (primary N) is 2. The van der Waals surface area contributed by atoms with Crippen LogP contribution >= 0.6 is 12.6 Å². The van der Waals surface area contributed by atoms with Crippen molar-refractivity contribution >= 4 is 47.2 Å². The lowest BCUT2D eigenvalue weighted by molar-refractivity contribution is -0.145. The number of carbonyl (C=O) groups is 4. The van der Waals surface area contributed by atoms with Crippen LogP contribution in [0.15, 0.2) is 30.5 Å². The van der Waals surface area contributed by atoms with Crippen molar-refractivity contribution in [3.8, 4) is 0 Å². The summed E-state index contributed by atoms with van der Waals surface area (Å²) < 4.78 is 0. The Labute approximate surface area is 221 Å². The van der Waals surface area contributed by atoms with E-state index >= 15 is 0 Å². The summed E-state index contributed by atoms with van der Waals surface area (Å²) >= 11 is 4.08. The smallest absolute Gasteiger partial charge is 0.326 e. The summed E-state index contributed by atoms with van der Waals surface area (Å²) in [4.78, 5) is 55.7. The molecule has 0 aliphatic carbocycles. The van der Waals surface area contributed by atoms with Crippen molar-refractivity contribution in [3.63, 3.8) is 0 Å². The summed E-state index contributed by atoms with van der Waals surface area (Å²) in [6.45, 7) is 0.756. The van der Waals surface area contributed by atoms with E-state index in [9.17, 15) is 24.3 Å². The standard InChI is InChI=1S/C25H36N6O5S/c26-10-4-3-8-19(25(35)36)29-23(33)21-9-5-11-31(21)24(34)20(30-22(32)17(27)14-37)12-15-13-28-18-7-2-1-6-16(15)18/h1-2,6-7,13,17,19-21,28,37H,3-5,8-12,14,26-27H2,(H,29,33)(H,30,32)(H,35,36). The molecule has 0 bridgehead atoms. The number of nitrogens with zero attached hydrogens (tertiary/aromatic N) is 1. The molecule has 1 aliphatic heterocycles. The number of carboxylic acids is 1. The van der Waals surface area contributed by atoms with Gasteiger partial charge in [-0.25, -0.2) is 4.79 Å². The van der Waals surface area contributed by atoms with E-state index in [1.54, 1.807) is 6.20 Å². The largest absolute Gasteiger partial charge is 0.480 e. The molecule has 37 heavy (non-hydrogen) atoms. The average Bonchev–Trinajstić information content (AvgIpc) is 3.54. The summed E-state index contributed by atoms with van der Waals surface area (Å²) in [5.41, 5.74) is 13.1. The molecule has 4 atom stereocenters. The van der Waals surface area contributed by atoms with Gasteiger partial charge >= 0.3 is 5.97 Å². The monoisotopic (exact) mass is 532 g/mol. The maximum Gasteiger partial charge on any atom is 0.326 e. The Morgan fingerprint density at radius 2 is 1.92 bits per heavy atom. The second kappa shape index (κ2) is 13.5. The van der Waals surface area contributed by atoms with Crippen LogP contribution in [-0.2, 0) is 25.6 Å². The van der Waals surface area contributed by atoms with Gasteiger partial charge in [0.25, 0.3) is 0 Å². The van der Waals surface area contributed by atoms with Gasteiger partial charge in [0.1, 0.15) is 18.1 Å². The summed E-state index contributed by atoms with van der Waals surface area (Å²) in [6.07, 6.45) is 4.43. The molecule has 8 N–H and O–H groups in total. The maximum absolute atomic E-state index is 13.7. The minimum absolute atomic E-state index is 0.106. The zero-order valence-electron chi connectivity index (χ0n) is 20.7. The molecule has 2 heterocycles. The van der Waals surface area contributed by atoms with E-state index in [-0.39, 0.29) is 18.6 Å². The van der Waals surface area contributed by atoms with Crippen LogP contribution in [0, 0.1) is 0 Å². The summed E-state index contributed by atoms with van der Waals surface area (Å²) in [5.74, 6) is -2.48. The molecule has 202 valence electrons. The topological polar surface area (TPSA) is 184 Å². The zero-order chi connectivity index (χ0) is 26.9. The number of nitrogens with one attached hydrogen (secondary N) is 3. The molecule has 1 fully saturated rings. The average molecular weight is 533 g/mol. The SMILES string of the molecule is NCCCCC(NC(=O)C1CCCN1C(=O)C(Cc1c[nH]c2ccccc12)NC(=O)C(N)CS)C(=O)O. The van der Waals surface area contributed by atoms with E-state index in [2.05, 4.69) is 28.2 Å². The highest BCUT2D eigenvalue weighted by Crippen LogP contribution is 2.23. The van der Waals surface area contributed by atoms with Crippen molar-refractivity contribution < 1.29 is 24.3 Å². The number of likely N-dealkylation sites (tertiary alicyclic amines) is 1. The maximum atomic E-state index is 13.7. The second-order valence-corrected chi connectivity index (χ2v) is 9.65. The minimum atomic E-state index is -1.13. The number of aromatic nitrogens is 1. The molecule has 4 unspecified atom stereocenters. The number of hydrogen-bond acceptors (Lipinski definition) is 7. The van der Waals surface area contributed by atoms with Crippen LogP contribution in [0.4, 0.5) is 0 Å². The molecule has 3 rings (SSSR count). The molecule has 1 aromatic heterocycles. The third-order valence-corrected chi connectivity index (χ3v) is 7.04. The van der Waals surface area contributed by atoms with E-state index in [1.165, 1.54) is 4.90 Å². The Balaban J connectivity index is 1.79. The number of para-hydroxylation sites is 1. The number of thiol groups is 1. The van der Waals surface area contributed by atoms with Gasteiger partial charge in [0.05, 0.1) is 6.04 Å². The first-order chi connectivity index (χ1) is 17.8. The fourth-order valence-electron chi connectivity index (χ4n) is 4.60. The van der Waals surface area contributed by atoms with E-state index in [4.69, 9.17) is 11.5 Å². The quantitative estimate of drug-likeness (QED) is 0.141. The van der Waals surface area contributed by atoms with E-state index in [0.29, 0.717) is 38.8 Å². The normalized spacial score (nSPS) is 17.8. The molecule has 0 radical (unpaired) electrons. The highest BCUT2D eigenvalue weighted by molar-refractivity contribution is 7.80. The van der Waals surface area contributed by atoms with Crippen molar-refractivity contribution in [1.82, 2.24) is 20.5 Å². The molecule has 0 spiro atoms. The minimum Gasteiger partial charge on any atom is -0.480 e. The Hall–Kier alpha value is -3.09. The number of amides is 3. The molecule has 11 nitrogen and oxygen atoms in total. The predicted molar refractivity (Wildman–Crippen MR) is 143 cm³/mol. The molecular formula is C25H36N6O5S. The predicted octanol–water partition coefficient (Wildman–Crippen LogP) is 0.142. The van der Waals surface area contributed by atoms with Gasteiger partial charge in [0.2, 0.25) is 17.7 Å². The number of aromatic amines is 1. The first kappa shape index (κ1) is 28.5. The van der Waals surface area contributed by atoms with Gasteiger partial charge in [-0.2, -0.15) is 12.6 Å². The Kier molecular flexibility index (Phi) is 10.4. The molecule has 0 saturated carbocycles. The molecule has 3 amide bonds. The lowest BCUT2D eigenvalue weighted by atomic mass is 10.0. The van der Waals surface area contributed by atoms with Crippen LogP contribution < -0.4 is 22.1 Å². The number of carbonyl (C=O) groups excluding carboxylic acids is 3. The third-order valence-electron chi connectivity index (χ3n) is 6.65. The molecule has 2 aromatic rings. The number of rotatable bonds is 13. The number of fused-ring (bicyclic) bond motifs is 1. The van der Waals surface area contributed by atoms with Crippen LogP contribution in [0.3, 0.4) is 0 Å². The molecular weight excluding hydrogens is 496 g/mol. The third kappa shape index (κ3) is 7.24. The van der Waals surface area contributed by atoms with Crippen molar-refractivity contribution in [2.45, 2.75) is 62.7 Å². The van der Waals surface area contributed by atoms with Gasteiger partial charge in [0.15, 0.2) is 0 Å². The van der Waals surface area contributed by atoms with E-state index < -0.39 is 47.9 Å². The van der Waals surface area contributed by atoms with Crippen LogP contribution in [0.5, 0.6) is 0 Å². The second-order valence-electron chi connectivity index (χ2n) is 9.29. The fraction of sp³-hybridized carbons (Fsp3) is 0.520. The zero-order valence-corrected chi connectivity index (χ0v) is 21.6. The highest BCUT2D eigenvalue weighted by Gasteiger charge is 2.39. The van der Waals surface area contributed by atoms with Gasteiger partial charge < -0.3 is 37.1 Å². The lowest BCUT2D eigenvalue weighted by Crippen LogP contribution is -2.57. The van der Waals surface area contributed by atoms with Crippen LogP contribution in [0.2, 0.25) is 0 Å². The van der Waals surface area contributed by atoms with Gasteiger partial charge in [0, 0.05) is 35.8 Å². The van der Waals surface area contributed by atoms with Crippen LogP contribution in [-0.4, -0.2) is 81.7 Å². The Bertz CT molecular complexity index is 1110. The van der Waals surface area contributed by atoms with Crippen molar-refractivity contribution in [3.05, 3.63) is 36.0 Å². The van der Waals surface area contributed by atoms with Crippen molar-refractivity contribution in [1.29, 1.82) is 0 Å². The van der Waals surface area contributed by atoms with E-state index in [1.807, 2.05) is 24.3 Å². The Morgan fingerprint density at radius 1 is 1.16 bits per heavy atom. The molecule has 1 saturated heterocycles. The summed E-state index contributed by atoms with van der Waals surface area (Å²) in [5, 5.41) is 15.8. The first-order valence-electron chi connectivity index (χ1n) is 12.5. The molecule has 1 aromatic carbocycles. The molecule has 1 aliphatic rings. The van der Waals surface area contributed by atoms with Crippen molar-refractivity contribution in [2.24, 2.45) is 11.5 Å². The number of hydrogen-bond donors (Lipinski definition) is 7. The van der Waals surface area contributed by atoms with Gasteiger partial charge in [-0.1, -0.05) is 18.2 Å². The van der Waals surface area contributed by atoms with Crippen LogP contribution in [0.1, 0.15) is 37.7 Å². The van der Waals surface area contributed by atoms with Gasteiger partial charge in [-0.05, 0) is 50.3 Å².